The van der Waals surface area contributed by atoms with Crippen LogP contribution in [-0.4, -0.2) is 10.9 Å². The summed E-state index contributed by atoms with van der Waals surface area (Å²) in [5.41, 5.74) is 6.94. The van der Waals surface area contributed by atoms with Crippen LogP contribution in [0.15, 0.2) is 72.8 Å². The van der Waals surface area contributed by atoms with E-state index in [1.807, 2.05) is 18.2 Å². The molecule has 0 spiro atoms. The average Bonchev–Trinajstić information content (AvgIpc) is 2.59. The van der Waals surface area contributed by atoms with Crippen LogP contribution >= 0.6 is 0 Å². The first kappa shape index (κ1) is 14.7. The van der Waals surface area contributed by atoms with E-state index in [2.05, 4.69) is 0 Å². The number of hydrogen-bond donors (Lipinski definition) is 2. The number of phenols is 1. The maximum atomic E-state index is 12.6. The van der Waals surface area contributed by atoms with Crippen LogP contribution in [0.25, 0.3) is 0 Å². The Balaban J connectivity index is 1.95. The van der Waals surface area contributed by atoms with Crippen LogP contribution in [0, 0.1) is 0 Å². The van der Waals surface area contributed by atoms with Gasteiger partial charge in [0.25, 0.3) is 0 Å². The first-order valence-electron chi connectivity index (χ1n) is 7.10. The van der Waals surface area contributed by atoms with Gasteiger partial charge in [-0.1, -0.05) is 42.5 Å². The van der Waals surface area contributed by atoms with Gasteiger partial charge in [-0.2, -0.15) is 0 Å². The number of anilines is 1. The van der Waals surface area contributed by atoms with Gasteiger partial charge in [0, 0.05) is 11.6 Å². The van der Waals surface area contributed by atoms with Gasteiger partial charge in [-0.05, 0) is 24.3 Å². The fourth-order valence-electron chi connectivity index (χ4n) is 2.21. The van der Waals surface area contributed by atoms with Crippen molar-refractivity contribution in [3.8, 4) is 17.2 Å². The zero-order valence-electron chi connectivity index (χ0n) is 12.3. The molecule has 0 aliphatic carbocycles. The van der Waals surface area contributed by atoms with E-state index in [-0.39, 0.29) is 17.2 Å². The number of nitrogen functional groups attached to an aromatic ring is 1. The van der Waals surface area contributed by atoms with Crippen molar-refractivity contribution in [2.45, 2.75) is 0 Å². The van der Waals surface area contributed by atoms with Crippen molar-refractivity contribution in [1.82, 2.24) is 0 Å². The second kappa shape index (κ2) is 6.23. The first-order chi connectivity index (χ1) is 11.1. The van der Waals surface area contributed by atoms with Gasteiger partial charge in [-0.25, -0.2) is 0 Å². The zero-order chi connectivity index (χ0) is 16.2. The van der Waals surface area contributed by atoms with E-state index < -0.39 is 0 Å². The van der Waals surface area contributed by atoms with Crippen molar-refractivity contribution >= 4 is 11.5 Å². The van der Waals surface area contributed by atoms with Gasteiger partial charge in [0.2, 0.25) is 0 Å². The molecule has 4 heteroatoms. The second-order valence-corrected chi connectivity index (χ2v) is 5.01. The summed E-state index contributed by atoms with van der Waals surface area (Å²) in [7, 11) is 0. The Bertz CT molecular complexity index is 844. The number of phenolic OH excluding ortho intramolecular Hbond substituents is 1. The molecule has 4 nitrogen and oxygen atoms in total. The molecule has 3 aromatic rings. The average molecular weight is 305 g/mol. The van der Waals surface area contributed by atoms with Crippen LogP contribution in [0.5, 0.6) is 17.2 Å². The molecule has 3 N–H and O–H groups in total. The van der Waals surface area contributed by atoms with Crippen LogP contribution in [0.4, 0.5) is 5.69 Å². The van der Waals surface area contributed by atoms with Crippen LogP contribution in [0.3, 0.4) is 0 Å². The van der Waals surface area contributed by atoms with Crippen LogP contribution in [0.1, 0.15) is 15.9 Å². The number of carbonyl (C=O) groups is 1. The van der Waals surface area contributed by atoms with E-state index in [0.717, 1.165) is 0 Å². The zero-order valence-corrected chi connectivity index (χ0v) is 12.3. The minimum absolute atomic E-state index is 0.00834. The summed E-state index contributed by atoms with van der Waals surface area (Å²) in [5, 5.41) is 9.47. The molecule has 0 bridgehead atoms. The summed E-state index contributed by atoms with van der Waals surface area (Å²) < 4.78 is 5.78. The minimum atomic E-state index is -0.118. The van der Waals surface area contributed by atoms with Crippen molar-refractivity contribution in [1.29, 1.82) is 0 Å². The summed E-state index contributed by atoms with van der Waals surface area (Å²) in [6.45, 7) is 0. The van der Waals surface area contributed by atoms with Crippen molar-refractivity contribution < 1.29 is 14.6 Å². The van der Waals surface area contributed by atoms with Crippen molar-refractivity contribution in [3.05, 3.63) is 83.9 Å². The number of benzene rings is 3. The molecule has 0 radical (unpaired) electrons. The third-order valence-electron chi connectivity index (χ3n) is 3.39. The quantitative estimate of drug-likeness (QED) is 0.434. The fourth-order valence-corrected chi connectivity index (χ4v) is 2.21. The van der Waals surface area contributed by atoms with Crippen LogP contribution in [-0.2, 0) is 0 Å². The summed E-state index contributed by atoms with van der Waals surface area (Å²) >= 11 is 0. The molecule has 0 heterocycles. The van der Waals surface area contributed by atoms with Gasteiger partial charge in [0.05, 0.1) is 11.3 Å². The van der Waals surface area contributed by atoms with E-state index in [9.17, 15) is 9.90 Å². The Labute approximate surface area is 133 Å². The normalized spacial score (nSPS) is 10.3. The molecule has 0 saturated heterocycles. The van der Waals surface area contributed by atoms with E-state index in [1.54, 1.807) is 42.5 Å². The SMILES string of the molecule is Nc1cc(Oc2ccccc2C(=O)c2ccccc2)ccc1O. The molecule has 0 unspecified atom stereocenters. The lowest BCUT2D eigenvalue weighted by Gasteiger charge is -2.11. The largest absolute Gasteiger partial charge is 0.506 e. The molecule has 0 saturated carbocycles. The molecular formula is C19H15NO3. The van der Waals surface area contributed by atoms with Crippen molar-refractivity contribution in [3.63, 3.8) is 0 Å². The molecule has 0 aliphatic rings. The van der Waals surface area contributed by atoms with Crippen molar-refractivity contribution in [2.24, 2.45) is 0 Å². The third kappa shape index (κ3) is 3.16. The molecule has 3 aromatic carbocycles. The molecule has 0 atom stereocenters. The molecule has 0 aromatic heterocycles. The highest BCUT2D eigenvalue weighted by atomic mass is 16.5. The van der Waals surface area contributed by atoms with E-state index in [0.29, 0.717) is 22.6 Å². The monoisotopic (exact) mass is 305 g/mol. The number of carbonyl (C=O) groups excluding carboxylic acids is 1. The Morgan fingerprint density at radius 3 is 2.35 bits per heavy atom. The number of nitrogens with two attached hydrogens (primary N) is 1. The van der Waals surface area contributed by atoms with Crippen molar-refractivity contribution in [2.75, 3.05) is 5.73 Å². The highest BCUT2D eigenvalue weighted by Crippen LogP contribution is 2.31. The second-order valence-electron chi connectivity index (χ2n) is 5.01. The number of para-hydroxylation sites is 1. The van der Waals surface area contributed by atoms with Crippen LogP contribution in [0.2, 0.25) is 0 Å². The lowest BCUT2D eigenvalue weighted by molar-refractivity contribution is 0.103. The van der Waals surface area contributed by atoms with E-state index in [1.165, 1.54) is 12.1 Å². The van der Waals surface area contributed by atoms with E-state index >= 15 is 0 Å². The van der Waals surface area contributed by atoms with Crippen LogP contribution < -0.4 is 10.5 Å². The Hall–Kier alpha value is -3.27. The topological polar surface area (TPSA) is 72.5 Å². The number of rotatable bonds is 4. The predicted molar refractivity (Wildman–Crippen MR) is 88.9 cm³/mol. The number of aromatic hydroxyl groups is 1. The number of ether oxygens (including phenoxy) is 1. The molecule has 3 rings (SSSR count). The van der Waals surface area contributed by atoms with Gasteiger partial charge in [-0.15, -0.1) is 0 Å². The Morgan fingerprint density at radius 1 is 0.913 bits per heavy atom. The molecule has 0 fully saturated rings. The minimum Gasteiger partial charge on any atom is -0.506 e. The number of hydrogen-bond acceptors (Lipinski definition) is 4. The summed E-state index contributed by atoms with van der Waals surface area (Å²) in [6, 6.07) is 20.6. The van der Waals surface area contributed by atoms with E-state index in [4.69, 9.17) is 10.5 Å². The standard InChI is InChI=1S/C19H15NO3/c20-16-12-14(10-11-17(16)21)23-18-9-5-4-8-15(18)19(22)13-6-2-1-3-7-13/h1-12,21H,20H2. The fraction of sp³-hybridized carbons (Fsp3) is 0. The Morgan fingerprint density at radius 2 is 1.61 bits per heavy atom. The molecule has 0 aliphatic heterocycles. The number of ketones is 1. The maximum Gasteiger partial charge on any atom is 0.196 e. The highest BCUT2D eigenvalue weighted by molar-refractivity contribution is 6.10. The molecule has 23 heavy (non-hydrogen) atoms. The molecule has 0 amide bonds. The third-order valence-corrected chi connectivity index (χ3v) is 3.39. The molecule has 114 valence electrons. The summed E-state index contributed by atoms with van der Waals surface area (Å²) in [5.74, 6) is 0.763. The lowest BCUT2D eigenvalue weighted by Crippen LogP contribution is -2.03. The lowest BCUT2D eigenvalue weighted by atomic mass is 10.0. The summed E-state index contributed by atoms with van der Waals surface area (Å²) in [6.07, 6.45) is 0. The predicted octanol–water partition coefficient (Wildman–Crippen LogP) is 4.00. The van der Waals surface area contributed by atoms with Gasteiger partial charge < -0.3 is 15.6 Å². The van der Waals surface area contributed by atoms with Gasteiger partial charge in [0.1, 0.15) is 17.2 Å². The Kier molecular flexibility index (Phi) is 3.97. The molecular weight excluding hydrogens is 290 g/mol. The van der Waals surface area contributed by atoms with Gasteiger partial charge >= 0.3 is 0 Å². The first-order valence-corrected chi connectivity index (χ1v) is 7.10. The summed E-state index contributed by atoms with van der Waals surface area (Å²) in [4.78, 5) is 12.6. The van der Waals surface area contributed by atoms with Gasteiger partial charge in [-0.3, -0.25) is 4.79 Å². The highest BCUT2D eigenvalue weighted by Gasteiger charge is 2.14. The smallest absolute Gasteiger partial charge is 0.196 e. The maximum absolute atomic E-state index is 12.6. The van der Waals surface area contributed by atoms with Gasteiger partial charge in [0.15, 0.2) is 5.78 Å².